The van der Waals surface area contributed by atoms with Crippen LogP contribution >= 0.6 is 11.8 Å². The largest absolute Gasteiger partial charge is 0.353 e. The first-order valence-corrected chi connectivity index (χ1v) is 6.92. The first-order chi connectivity index (χ1) is 6.97. The molecule has 0 radical (unpaired) electrons. The van der Waals surface area contributed by atoms with Gasteiger partial charge in [0.2, 0.25) is 5.91 Å². The van der Waals surface area contributed by atoms with Crippen molar-refractivity contribution in [2.24, 2.45) is 0 Å². The Balaban J connectivity index is 4.14. The molecule has 90 valence electrons. The van der Waals surface area contributed by atoms with E-state index in [0.717, 1.165) is 12.2 Å². The molecular weight excluding hydrogens is 208 g/mol. The predicted molar refractivity (Wildman–Crippen MR) is 68.3 cm³/mol. The van der Waals surface area contributed by atoms with E-state index in [9.17, 15) is 4.79 Å². The van der Waals surface area contributed by atoms with Crippen molar-refractivity contribution in [2.45, 2.75) is 52.2 Å². The van der Waals surface area contributed by atoms with Gasteiger partial charge >= 0.3 is 0 Å². The minimum absolute atomic E-state index is 0.0557. The maximum atomic E-state index is 11.8. The molecule has 1 amide bonds. The number of nitrogens with one attached hydrogen (secondary N) is 2. The molecule has 3 nitrogen and oxygen atoms in total. The van der Waals surface area contributed by atoms with Crippen LogP contribution in [0.3, 0.4) is 0 Å². The van der Waals surface area contributed by atoms with Gasteiger partial charge in [0.05, 0.1) is 6.04 Å². The summed E-state index contributed by atoms with van der Waals surface area (Å²) in [5.41, 5.74) is 0. The molecule has 1 unspecified atom stereocenters. The number of amides is 1. The smallest absolute Gasteiger partial charge is 0.237 e. The second kappa shape index (κ2) is 7.99. The van der Waals surface area contributed by atoms with Gasteiger partial charge in [0, 0.05) is 12.1 Å². The standard InChI is InChI=1S/C11H24N2OS/c1-8(2)12-10(6-7-15-5)11(14)13-9(3)4/h8-10,12H,6-7H2,1-5H3,(H,13,14). The zero-order valence-electron chi connectivity index (χ0n) is 10.5. The van der Waals surface area contributed by atoms with E-state index in [0.29, 0.717) is 6.04 Å². The van der Waals surface area contributed by atoms with Gasteiger partial charge in [-0.2, -0.15) is 11.8 Å². The molecule has 0 saturated heterocycles. The summed E-state index contributed by atoms with van der Waals surface area (Å²) in [5.74, 6) is 1.13. The van der Waals surface area contributed by atoms with E-state index >= 15 is 0 Å². The fourth-order valence-electron chi connectivity index (χ4n) is 1.31. The molecule has 0 aromatic heterocycles. The van der Waals surface area contributed by atoms with Crippen LogP contribution in [-0.4, -0.2) is 36.0 Å². The van der Waals surface area contributed by atoms with Crippen LogP contribution in [-0.2, 0) is 4.79 Å². The molecule has 2 N–H and O–H groups in total. The Hall–Kier alpha value is -0.220. The molecule has 0 bridgehead atoms. The molecule has 0 aliphatic rings. The molecule has 0 heterocycles. The Bertz CT molecular complexity index is 183. The lowest BCUT2D eigenvalue weighted by Crippen LogP contribution is -2.48. The SMILES string of the molecule is CSCCC(NC(C)C)C(=O)NC(C)C. The second-order valence-electron chi connectivity index (χ2n) is 4.32. The minimum atomic E-state index is -0.0557. The summed E-state index contributed by atoms with van der Waals surface area (Å²) in [4.78, 5) is 11.8. The van der Waals surface area contributed by atoms with Crippen LogP contribution in [0.5, 0.6) is 0 Å². The van der Waals surface area contributed by atoms with Crippen molar-refractivity contribution < 1.29 is 4.79 Å². The molecule has 0 aliphatic heterocycles. The van der Waals surface area contributed by atoms with E-state index in [2.05, 4.69) is 30.7 Å². The van der Waals surface area contributed by atoms with Crippen molar-refractivity contribution in [1.29, 1.82) is 0 Å². The lowest BCUT2D eigenvalue weighted by atomic mass is 10.1. The van der Waals surface area contributed by atoms with Crippen LogP contribution in [0, 0.1) is 0 Å². The second-order valence-corrected chi connectivity index (χ2v) is 5.30. The maximum absolute atomic E-state index is 11.8. The van der Waals surface area contributed by atoms with E-state index in [1.54, 1.807) is 11.8 Å². The van der Waals surface area contributed by atoms with Gasteiger partial charge in [0.15, 0.2) is 0 Å². The number of thioether (sulfide) groups is 1. The first-order valence-electron chi connectivity index (χ1n) is 5.52. The summed E-state index contributed by atoms with van der Waals surface area (Å²) in [6.07, 6.45) is 2.95. The summed E-state index contributed by atoms with van der Waals surface area (Å²) >= 11 is 1.77. The van der Waals surface area contributed by atoms with Crippen molar-refractivity contribution >= 4 is 17.7 Å². The van der Waals surface area contributed by atoms with Crippen LogP contribution < -0.4 is 10.6 Å². The summed E-state index contributed by atoms with van der Waals surface area (Å²) in [6, 6.07) is 0.498. The quantitative estimate of drug-likeness (QED) is 0.701. The number of carbonyl (C=O) groups is 1. The van der Waals surface area contributed by atoms with Crippen LogP contribution in [0.1, 0.15) is 34.1 Å². The van der Waals surface area contributed by atoms with Crippen molar-refractivity contribution in [3.05, 3.63) is 0 Å². The van der Waals surface area contributed by atoms with Gasteiger partial charge in [0.25, 0.3) is 0 Å². The Morgan fingerprint density at radius 1 is 1.20 bits per heavy atom. The molecule has 0 saturated carbocycles. The van der Waals surface area contributed by atoms with E-state index in [4.69, 9.17) is 0 Å². The summed E-state index contributed by atoms with van der Waals surface area (Å²) < 4.78 is 0. The topological polar surface area (TPSA) is 41.1 Å². The van der Waals surface area contributed by atoms with E-state index in [-0.39, 0.29) is 18.0 Å². The van der Waals surface area contributed by atoms with Crippen molar-refractivity contribution in [3.63, 3.8) is 0 Å². The lowest BCUT2D eigenvalue weighted by Gasteiger charge is -2.21. The summed E-state index contributed by atoms with van der Waals surface area (Å²) in [6.45, 7) is 8.10. The zero-order valence-corrected chi connectivity index (χ0v) is 11.3. The highest BCUT2D eigenvalue weighted by atomic mass is 32.2. The predicted octanol–water partition coefficient (Wildman–Crippen LogP) is 1.63. The Labute approximate surface area is 97.8 Å². The molecule has 0 spiro atoms. The van der Waals surface area contributed by atoms with Crippen LogP contribution in [0.2, 0.25) is 0 Å². The average Bonchev–Trinajstić information content (AvgIpc) is 2.10. The molecule has 0 aromatic rings. The van der Waals surface area contributed by atoms with Gasteiger partial charge < -0.3 is 10.6 Å². The fourth-order valence-corrected chi connectivity index (χ4v) is 1.78. The van der Waals surface area contributed by atoms with Crippen LogP contribution in [0.25, 0.3) is 0 Å². The normalized spacial score (nSPS) is 13.3. The third-order valence-corrected chi connectivity index (χ3v) is 2.54. The van der Waals surface area contributed by atoms with E-state index in [1.807, 2.05) is 13.8 Å². The highest BCUT2D eigenvalue weighted by Crippen LogP contribution is 2.02. The molecular formula is C11H24N2OS. The summed E-state index contributed by atoms with van der Waals surface area (Å²) in [7, 11) is 0. The third-order valence-electron chi connectivity index (χ3n) is 1.89. The van der Waals surface area contributed by atoms with Gasteiger partial charge in [0.1, 0.15) is 0 Å². The third kappa shape index (κ3) is 7.68. The van der Waals surface area contributed by atoms with Gasteiger partial charge in [-0.25, -0.2) is 0 Å². The highest BCUT2D eigenvalue weighted by Gasteiger charge is 2.18. The van der Waals surface area contributed by atoms with Crippen molar-refractivity contribution in [3.8, 4) is 0 Å². The number of rotatable bonds is 7. The molecule has 0 aromatic carbocycles. The monoisotopic (exact) mass is 232 g/mol. The minimum Gasteiger partial charge on any atom is -0.353 e. The van der Waals surface area contributed by atoms with Gasteiger partial charge in [-0.1, -0.05) is 13.8 Å². The highest BCUT2D eigenvalue weighted by molar-refractivity contribution is 7.98. The van der Waals surface area contributed by atoms with Crippen molar-refractivity contribution in [2.75, 3.05) is 12.0 Å². The Kier molecular flexibility index (Phi) is 7.88. The van der Waals surface area contributed by atoms with Gasteiger partial charge in [-0.3, -0.25) is 4.79 Å². The van der Waals surface area contributed by atoms with Crippen molar-refractivity contribution in [1.82, 2.24) is 10.6 Å². The Morgan fingerprint density at radius 2 is 1.80 bits per heavy atom. The fraction of sp³-hybridized carbons (Fsp3) is 0.909. The number of hydrogen-bond acceptors (Lipinski definition) is 3. The first kappa shape index (κ1) is 14.8. The maximum Gasteiger partial charge on any atom is 0.237 e. The van der Waals surface area contributed by atoms with Crippen LogP contribution in [0.4, 0.5) is 0 Å². The zero-order chi connectivity index (χ0) is 11.8. The van der Waals surface area contributed by atoms with E-state index in [1.165, 1.54) is 0 Å². The van der Waals surface area contributed by atoms with E-state index < -0.39 is 0 Å². The average molecular weight is 232 g/mol. The molecule has 15 heavy (non-hydrogen) atoms. The Morgan fingerprint density at radius 3 is 2.20 bits per heavy atom. The molecule has 0 aliphatic carbocycles. The van der Waals surface area contributed by atoms with Gasteiger partial charge in [-0.05, 0) is 32.3 Å². The molecule has 0 rings (SSSR count). The number of hydrogen-bond donors (Lipinski definition) is 2. The molecule has 0 fully saturated rings. The summed E-state index contributed by atoms with van der Waals surface area (Å²) in [5, 5.41) is 6.24. The molecule has 4 heteroatoms. The number of carbonyl (C=O) groups excluding carboxylic acids is 1. The van der Waals surface area contributed by atoms with Gasteiger partial charge in [-0.15, -0.1) is 0 Å². The lowest BCUT2D eigenvalue weighted by molar-refractivity contribution is -0.123. The molecule has 1 atom stereocenters. The van der Waals surface area contributed by atoms with Crippen LogP contribution in [0.15, 0.2) is 0 Å².